The first-order valence-electron chi connectivity index (χ1n) is 7.13. The summed E-state index contributed by atoms with van der Waals surface area (Å²) in [6, 6.07) is 8.41. The van der Waals surface area contributed by atoms with E-state index in [0.717, 1.165) is 25.7 Å². The third-order valence-electron chi connectivity index (χ3n) is 3.86. The number of benzene rings is 1. The Labute approximate surface area is 121 Å². The molecule has 2 nitrogen and oxygen atoms in total. The van der Waals surface area contributed by atoms with Crippen molar-refractivity contribution in [2.24, 2.45) is 0 Å². The molecule has 1 aromatic carbocycles. The molecule has 106 valence electrons. The second-order valence-corrected chi connectivity index (χ2v) is 5.57. The summed E-state index contributed by atoms with van der Waals surface area (Å²) in [5, 5.41) is 0. The summed E-state index contributed by atoms with van der Waals surface area (Å²) < 4.78 is 5.81. The number of aryl methyl sites for hydroxylation is 1. The summed E-state index contributed by atoms with van der Waals surface area (Å²) in [7, 11) is 0. The van der Waals surface area contributed by atoms with Gasteiger partial charge in [0.05, 0.1) is 0 Å². The van der Waals surface area contributed by atoms with Gasteiger partial charge in [0.1, 0.15) is 5.60 Å². The maximum atomic E-state index is 11.9. The molecule has 0 saturated heterocycles. The van der Waals surface area contributed by atoms with Gasteiger partial charge in [-0.25, -0.2) is 4.79 Å². The Hall–Kier alpha value is -1.83. The highest BCUT2D eigenvalue weighted by Crippen LogP contribution is 2.35. The van der Waals surface area contributed by atoms with Crippen molar-refractivity contribution in [2.75, 3.05) is 0 Å². The summed E-state index contributed by atoms with van der Waals surface area (Å²) in [6.45, 7) is 7.37. The summed E-state index contributed by atoms with van der Waals surface area (Å²) in [6.07, 6.45) is 7.46. The number of hydrogen-bond acceptors (Lipinski definition) is 2. The van der Waals surface area contributed by atoms with Crippen molar-refractivity contribution < 1.29 is 9.53 Å². The summed E-state index contributed by atoms with van der Waals surface area (Å²) in [5.41, 5.74) is 2.70. The van der Waals surface area contributed by atoms with Crippen LogP contribution in [-0.2, 0) is 22.4 Å². The van der Waals surface area contributed by atoms with Gasteiger partial charge in [0.25, 0.3) is 0 Å². The Morgan fingerprint density at radius 1 is 1.40 bits per heavy atom. The van der Waals surface area contributed by atoms with Crippen LogP contribution in [0.2, 0.25) is 0 Å². The SMILES string of the molecule is C=C(C)C(=O)OC1(CC=CC)CCc2ccccc2C1. The number of allylic oxidation sites excluding steroid dienone is 1. The Bertz CT molecular complexity index is 542. The molecule has 0 bridgehead atoms. The van der Waals surface area contributed by atoms with Crippen LogP contribution in [0.25, 0.3) is 0 Å². The molecule has 1 aliphatic rings. The fraction of sp³-hybridized carbons (Fsp3) is 0.389. The van der Waals surface area contributed by atoms with Crippen LogP contribution in [0.15, 0.2) is 48.6 Å². The molecule has 0 aromatic heterocycles. The third-order valence-corrected chi connectivity index (χ3v) is 3.86. The molecular weight excluding hydrogens is 248 g/mol. The van der Waals surface area contributed by atoms with E-state index in [-0.39, 0.29) is 5.97 Å². The minimum atomic E-state index is -0.420. The van der Waals surface area contributed by atoms with E-state index < -0.39 is 5.60 Å². The number of fused-ring (bicyclic) bond motifs is 1. The van der Waals surface area contributed by atoms with Crippen LogP contribution < -0.4 is 0 Å². The quantitative estimate of drug-likeness (QED) is 0.469. The molecule has 0 saturated carbocycles. The van der Waals surface area contributed by atoms with Gasteiger partial charge in [-0.05, 0) is 37.8 Å². The molecule has 0 N–H and O–H groups in total. The Balaban J connectivity index is 2.25. The summed E-state index contributed by atoms with van der Waals surface area (Å²) >= 11 is 0. The lowest BCUT2D eigenvalue weighted by Crippen LogP contribution is -2.40. The fourth-order valence-corrected chi connectivity index (χ4v) is 2.69. The predicted octanol–water partition coefficient (Wildman–Crippen LogP) is 4.00. The van der Waals surface area contributed by atoms with E-state index in [0.29, 0.717) is 5.57 Å². The van der Waals surface area contributed by atoms with Crippen molar-refractivity contribution in [2.45, 2.75) is 45.1 Å². The summed E-state index contributed by atoms with van der Waals surface area (Å²) in [5.74, 6) is -0.283. The zero-order valence-corrected chi connectivity index (χ0v) is 12.3. The number of ether oxygens (including phenoxy) is 1. The first-order valence-corrected chi connectivity index (χ1v) is 7.13. The molecular formula is C18H22O2. The van der Waals surface area contributed by atoms with Gasteiger partial charge in [0.2, 0.25) is 0 Å². The molecule has 1 aromatic rings. The van der Waals surface area contributed by atoms with E-state index in [2.05, 4.69) is 30.9 Å². The van der Waals surface area contributed by atoms with Crippen LogP contribution in [0.3, 0.4) is 0 Å². The number of rotatable bonds is 4. The summed E-state index contributed by atoms with van der Waals surface area (Å²) in [4.78, 5) is 11.9. The highest BCUT2D eigenvalue weighted by atomic mass is 16.6. The monoisotopic (exact) mass is 270 g/mol. The van der Waals surface area contributed by atoms with E-state index in [9.17, 15) is 4.79 Å². The molecule has 0 heterocycles. The second kappa shape index (κ2) is 6.08. The lowest BCUT2D eigenvalue weighted by molar-refractivity contribution is -0.155. The van der Waals surface area contributed by atoms with E-state index in [1.165, 1.54) is 11.1 Å². The first kappa shape index (κ1) is 14.6. The van der Waals surface area contributed by atoms with Crippen molar-refractivity contribution in [1.29, 1.82) is 0 Å². The highest BCUT2D eigenvalue weighted by molar-refractivity contribution is 5.87. The third kappa shape index (κ3) is 3.19. The zero-order valence-electron chi connectivity index (χ0n) is 12.3. The van der Waals surface area contributed by atoms with Crippen molar-refractivity contribution in [3.8, 4) is 0 Å². The lowest BCUT2D eigenvalue weighted by Gasteiger charge is -2.37. The van der Waals surface area contributed by atoms with E-state index in [4.69, 9.17) is 4.74 Å². The van der Waals surface area contributed by atoms with Crippen LogP contribution in [-0.4, -0.2) is 11.6 Å². The molecule has 1 aliphatic carbocycles. The number of carbonyl (C=O) groups is 1. The van der Waals surface area contributed by atoms with Crippen LogP contribution in [0.1, 0.15) is 37.8 Å². The van der Waals surface area contributed by atoms with Crippen molar-refractivity contribution in [3.63, 3.8) is 0 Å². The molecule has 0 amide bonds. The number of esters is 1. The van der Waals surface area contributed by atoms with Crippen molar-refractivity contribution >= 4 is 5.97 Å². The smallest absolute Gasteiger partial charge is 0.333 e. The Morgan fingerprint density at radius 3 is 2.75 bits per heavy atom. The predicted molar refractivity (Wildman–Crippen MR) is 81.5 cm³/mol. The van der Waals surface area contributed by atoms with Crippen LogP contribution in [0.4, 0.5) is 0 Å². The second-order valence-electron chi connectivity index (χ2n) is 5.57. The van der Waals surface area contributed by atoms with Gasteiger partial charge < -0.3 is 4.74 Å². The van der Waals surface area contributed by atoms with Gasteiger partial charge >= 0.3 is 5.97 Å². The highest BCUT2D eigenvalue weighted by Gasteiger charge is 2.37. The Morgan fingerprint density at radius 2 is 2.10 bits per heavy atom. The van der Waals surface area contributed by atoms with Gasteiger partial charge in [-0.1, -0.05) is 43.0 Å². The van der Waals surface area contributed by atoms with Crippen LogP contribution in [0, 0.1) is 0 Å². The first-order chi connectivity index (χ1) is 9.56. The minimum absolute atomic E-state index is 0.283. The van der Waals surface area contributed by atoms with Gasteiger partial charge in [-0.15, -0.1) is 0 Å². The molecule has 20 heavy (non-hydrogen) atoms. The van der Waals surface area contributed by atoms with Gasteiger partial charge in [-0.3, -0.25) is 0 Å². The van der Waals surface area contributed by atoms with E-state index in [1.54, 1.807) is 6.92 Å². The zero-order chi connectivity index (χ0) is 14.6. The molecule has 0 fully saturated rings. The molecule has 1 atom stereocenters. The van der Waals surface area contributed by atoms with Gasteiger partial charge in [-0.2, -0.15) is 0 Å². The van der Waals surface area contributed by atoms with E-state index >= 15 is 0 Å². The van der Waals surface area contributed by atoms with Gasteiger partial charge in [0.15, 0.2) is 0 Å². The number of carbonyl (C=O) groups excluding carboxylic acids is 1. The molecule has 0 radical (unpaired) electrons. The average molecular weight is 270 g/mol. The average Bonchev–Trinajstić information content (AvgIpc) is 2.45. The van der Waals surface area contributed by atoms with Crippen molar-refractivity contribution in [3.05, 3.63) is 59.7 Å². The molecule has 2 rings (SSSR count). The molecule has 2 heteroatoms. The molecule has 1 unspecified atom stereocenters. The lowest BCUT2D eigenvalue weighted by atomic mass is 9.78. The van der Waals surface area contributed by atoms with E-state index in [1.807, 2.05) is 19.1 Å². The molecule has 0 spiro atoms. The topological polar surface area (TPSA) is 26.3 Å². The Kier molecular flexibility index (Phi) is 4.43. The standard InChI is InChI=1S/C18H22O2/c1-4-5-11-18(20-17(19)14(2)3)12-10-15-8-6-7-9-16(15)13-18/h4-9H,2,10-13H2,1,3H3. The normalized spacial score (nSPS) is 21.5. The number of hydrogen-bond donors (Lipinski definition) is 0. The van der Waals surface area contributed by atoms with Crippen LogP contribution in [0.5, 0.6) is 0 Å². The maximum absolute atomic E-state index is 11.9. The minimum Gasteiger partial charge on any atom is -0.455 e. The molecule has 0 aliphatic heterocycles. The maximum Gasteiger partial charge on any atom is 0.333 e. The van der Waals surface area contributed by atoms with Gasteiger partial charge in [0, 0.05) is 18.4 Å². The van der Waals surface area contributed by atoms with Crippen molar-refractivity contribution in [1.82, 2.24) is 0 Å². The van der Waals surface area contributed by atoms with Crippen LogP contribution >= 0.6 is 0 Å². The fourth-order valence-electron chi connectivity index (χ4n) is 2.69. The largest absolute Gasteiger partial charge is 0.455 e.